The second-order valence-corrected chi connectivity index (χ2v) is 4.24. The van der Waals surface area contributed by atoms with Crippen LogP contribution in [-0.4, -0.2) is 22.7 Å². The minimum absolute atomic E-state index is 0.689. The van der Waals surface area contributed by atoms with E-state index in [1.54, 1.807) is 16.9 Å². The average molecular weight is 236 g/mol. The molecule has 0 saturated carbocycles. The van der Waals surface area contributed by atoms with Crippen LogP contribution in [0.1, 0.15) is 23.0 Å². The van der Waals surface area contributed by atoms with Crippen LogP contribution >= 0.6 is 11.3 Å². The van der Waals surface area contributed by atoms with Gasteiger partial charge in [-0.2, -0.15) is 5.10 Å². The molecule has 0 fully saturated rings. The van der Waals surface area contributed by atoms with Crippen molar-refractivity contribution < 1.29 is 9.53 Å². The van der Waals surface area contributed by atoms with E-state index in [-0.39, 0.29) is 0 Å². The Kier molecular flexibility index (Phi) is 3.36. The molecule has 4 nitrogen and oxygen atoms in total. The summed E-state index contributed by atoms with van der Waals surface area (Å²) in [6, 6.07) is 1.80. The Morgan fingerprint density at radius 1 is 1.62 bits per heavy atom. The minimum atomic E-state index is 0.689. The molecule has 0 aliphatic heterocycles. The van der Waals surface area contributed by atoms with Gasteiger partial charge in [0.15, 0.2) is 12.0 Å². The number of carbonyl (C=O) groups excluding carboxylic acids is 1. The maximum absolute atomic E-state index is 10.6. The van der Waals surface area contributed by atoms with E-state index in [0.29, 0.717) is 11.5 Å². The third kappa shape index (κ3) is 2.30. The molecule has 0 aromatic carbocycles. The molecule has 0 spiro atoms. The van der Waals surface area contributed by atoms with Gasteiger partial charge >= 0.3 is 0 Å². The van der Waals surface area contributed by atoms with E-state index < -0.39 is 0 Å². The Hall–Kier alpha value is -1.62. The summed E-state index contributed by atoms with van der Waals surface area (Å²) in [5.41, 5.74) is 0.887. The highest BCUT2D eigenvalue weighted by atomic mass is 32.1. The second-order valence-electron chi connectivity index (χ2n) is 3.29. The smallest absolute Gasteiger partial charge is 0.160 e. The zero-order valence-corrected chi connectivity index (χ0v) is 9.74. The molecule has 0 amide bonds. The zero-order valence-electron chi connectivity index (χ0n) is 8.92. The van der Waals surface area contributed by atoms with Crippen molar-refractivity contribution in [2.24, 2.45) is 0 Å². The molecule has 2 heterocycles. The zero-order chi connectivity index (χ0) is 11.4. The SMILES string of the molecule is CCCOc1cnn(-c2csc(C=O)c2)c1. The molecule has 0 atom stereocenters. The van der Waals surface area contributed by atoms with Gasteiger partial charge in [-0.25, -0.2) is 4.68 Å². The summed E-state index contributed by atoms with van der Waals surface area (Å²) in [6.07, 6.45) is 5.30. The van der Waals surface area contributed by atoms with Crippen molar-refractivity contribution in [3.8, 4) is 11.4 Å². The number of nitrogens with zero attached hydrogens (tertiary/aromatic N) is 2. The van der Waals surface area contributed by atoms with Crippen molar-refractivity contribution in [2.45, 2.75) is 13.3 Å². The molecular formula is C11H12N2O2S. The Bertz CT molecular complexity index is 476. The topological polar surface area (TPSA) is 44.1 Å². The third-order valence-electron chi connectivity index (χ3n) is 2.02. The highest BCUT2D eigenvalue weighted by molar-refractivity contribution is 7.12. The average Bonchev–Trinajstić information content (AvgIpc) is 2.94. The summed E-state index contributed by atoms with van der Waals surface area (Å²) < 4.78 is 7.14. The Morgan fingerprint density at radius 3 is 3.19 bits per heavy atom. The molecule has 0 unspecified atom stereocenters. The van der Waals surface area contributed by atoms with Crippen LogP contribution in [0, 0.1) is 0 Å². The quantitative estimate of drug-likeness (QED) is 0.749. The van der Waals surface area contributed by atoms with Gasteiger partial charge in [0.2, 0.25) is 0 Å². The van der Waals surface area contributed by atoms with Gasteiger partial charge in [-0.15, -0.1) is 11.3 Å². The van der Waals surface area contributed by atoms with Gasteiger partial charge in [0.1, 0.15) is 0 Å². The first kappa shape index (κ1) is 10.9. The van der Waals surface area contributed by atoms with Gasteiger partial charge in [0.05, 0.1) is 29.6 Å². The largest absolute Gasteiger partial charge is 0.490 e. The molecule has 0 N–H and O–H groups in total. The van der Waals surface area contributed by atoms with E-state index in [0.717, 1.165) is 24.1 Å². The van der Waals surface area contributed by atoms with Crippen LogP contribution in [0.15, 0.2) is 23.8 Å². The summed E-state index contributed by atoms with van der Waals surface area (Å²) >= 11 is 1.40. The Morgan fingerprint density at radius 2 is 2.50 bits per heavy atom. The molecule has 16 heavy (non-hydrogen) atoms. The van der Waals surface area contributed by atoms with Gasteiger partial charge < -0.3 is 4.74 Å². The Labute approximate surface area is 97.5 Å². The standard InChI is InChI=1S/C11H12N2O2S/c1-2-3-15-10-5-12-13(6-10)9-4-11(7-14)16-8-9/h4-8H,2-3H2,1H3. The number of hydrogen-bond donors (Lipinski definition) is 0. The van der Waals surface area contributed by atoms with Crippen LogP contribution in [0.5, 0.6) is 5.75 Å². The lowest BCUT2D eigenvalue weighted by molar-refractivity contribution is 0.112. The summed E-state index contributed by atoms with van der Waals surface area (Å²) in [6.45, 7) is 2.74. The van der Waals surface area contributed by atoms with Crippen molar-refractivity contribution in [1.29, 1.82) is 0 Å². The van der Waals surface area contributed by atoms with E-state index >= 15 is 0 Å². The first-order valence-electron chi connectivity index (χ1n) is 5.05. The lowest BCUT2D eigenvalue weighted by Crippen LogP contribution is -1.94. The number of ether oxygens (including phenoxy) is 1. The van der Waals surface area contributed by atoms with Crippen LogP contribution in [0.4, 0.5) is 0 Å². The number of carbonyl (C=O) groups is 1. The minimum Gasteiger partial charge on any atom is -0.490 e. The summed E-state index contributed by atoms with van der Waals surface area (Å²) in [7, 11) is 0. The highest BCUT2D eigenvalue weighted by Crippen LogP contribution is 2.18. The number of thiophene rings is 1. The number of aldehydes is 1. The molecule has 0 saturated heterocycles. The highest BCUT2D eigenvalue weighted by Gasteiger charge is 2.04. The lowest BCUT2D eigenvalue weighted by Gasteiger charge is -1.98. The first-order chi connectivity index (χ1) is 7.83. The van der Waals surface area contributed by atoms with E-state index in [9.17, 15) is 4.79 Å². The fraction of sp³-hybridized carbons (Fsp3) is 0.273. The summed E-state index contributed by atoms with van der Waals surface area (Å²) in [5.74, 6) is 0.751. The molecule has 0 aliphatic rings. The fourth-order valence-corrected chi connectivity index (χ4v) is 1.94. The molecule has 0 bridgehead atoms. The van der Waals surface area contributed by atoms with Gasteiger partial charge in [-0.1, -0.05) is 6.92 Å². The predicted molar refractivity (Wildman–Crippen MR) is 62.6 cm³/mol. The van der Waals surface area contributed by atoms with Crippen molar-refractivity contribution in [3.05, 3.63) is 28.7 Å². The van der Waals surface area contributed by atoms with E-state index in [1.807, 2.05) is 11.6 Å². The maximum atomic E-state index is 10.6. The molecule has 0 radical (unpaired) electrons. The molecule has 2 rings (SSSR count). The van der Waals surface area contributed by atoms with E-state index in [2.05, 4.69) is 12.0 Å². The summed E-state index contributed by atoms with van der Waals surface area (Å²) in [5, 5.41) is 6.06. The molecule has 0 aliphatic carbocycles. The van der Waals surface area contributed by atoms with Crippen LogP contribution in [0.3, 0.4) is 0 Å². The normalized spacial score (nSPS) is 10.3. The monoisotopic (exact) mass is 236 g/mol. The van der Waals surface area contributed by atoms with E-state index in [4.69, 9.17) is 4.74 Å². The van der Waals surface area contributed by atoms with Crippen LogP contribution in [-0.2, 0) is 0 Å². The molecule has 5 heteroatoms. The molecule has 2 aromatic heterocycles. The summed E-state index contributed by atoms with van der Waals surface area (Å²) in [4.78, 5) is 11.2. The fourth-order valence-electron chi connectivity index (χ4n) is 1.27. The van der Waals surface area contributed by atoms with Gasteiger partial charge in [-0.3, -0.25) is 4.79 Å². The van der Waals surface area contributed by atoms with Crippen LogP contribution in [0.25, 0.3) is 5.69 Å². The van der Waals surface area contributed by atoms with E-state index in [1.165, 1.54) is 11.3 Å². The first-order valence-corrected chi connectivity index (χ1v) is 5.93. The number of hydrogen-bond acceptors (Lipinski definition) is 4. The van der Waals surface area contributed by atoms with Gasteiger partial charge in [0.25, 0.3) is 0 Å². The van der Waals surface area contributed by atoms with Crippen LogP contribution in [0.2, 0.25) is 0 Å². The van der Waals surface area contributed by atoms with Crippen molar-refractivity contribution in [1.82, 2.24) is 9.78 Å². The number of rotatable bonds is 5. The third-order valence-corrected chi connectivity index (χ3v) is 2.86. The molecular weight excluding hydrogens is 224 g/mol. The molecule has 84 valence electrons. The maximum Gasteiger partial charge on any atom is 0.160 e. The van der Waals surface area contributed by atoms with Crippen molar-refractivity contribution >= 4 is 17.6 Å². The lowest BCUT2D eigenvalue weighted by atomic mass is 10.4. The Balaban J connectivity index is 2.14. The van der Waals surface area contributed by atoms with Gasteiger partial charge in [0, 0.05) is 5.38 Å². The van der Waals surface area contributed by atoms with Crippen molar-refractivity contribution in [3.63, 3.8) is 0 Å². The van der Waals surface area contributed by atoms with Gasteiger partial charge in [-0.05, 0) is 12.5 Å². The van der Waals surface area contributed by atoms with Crippen molar-refractivity contribution in [2.75, 3.05) is 6.61 Å². The van der Waals surface area contributed by atoms with Crippen LogP contribution < -0.4 is 4.74 Å². The second kappa shape index (κ2) is 4.94. The predicted octanol–water partition coefficient (Wildman–Crippen LogP) is 2.54. The number of aromatic nitrogens is 2. The molecule has 2 aromatic rings.